The van der Waals surface area contributed by atoms with Crippen LogP contribution in [0.5, 0.6) is 0 Å². The Labute approximate surface area is 164 Å². The zero-order chi connectivity index (χ0) is 19.3. The molecule has 1 heterocycles. The lowest BCUT2D eigenvalue weighted by atomic mass is 9.92. The summed E-state index contributed by atoms with van der Waals surface area (Å²) in [6.45, 7) is 4.17. The van der Waals surface area contributed by atoms with Crippen molar-refractivity contribution in [2.45, 2.75) is 25.3 Å². The van der Waals surface area contributed by atoms with Gasteiger partial charge in [-0.25, -0.2) is 4.39 Å². The Bertz CT molecular complexity index is 1090. The van der Waals surface area contributed by atoms with Crippen LogP contribution in [0.1, 0.15) is 28.8 Å². The quantitative estimate of drug-likeness (QED) is 0.715. The number of carbonyl (C=O) groups excluding carboxylic acids is 1. The number of benzene rings is 3. The molecule has 0 radical (unpaired) electrons. The average molecular weight is 374 g/mol. The molecule has 28 heavy (non-hydrogen) atoms. The lowest BCUT2D eigenvalue weighted by Gasteiger charge is -2.34. The fourth-order valence-corrected chi connectivity index (χ4v) is 4.42. The number of carbonyl (C=O) groups is 1. The van der Waals surface area contributed by atoms with Crippen molar-refractivity contribution >= 4 is 16.7 Å². The molecule has 1 spiro atoms. The van der Waals surface area contributed by atoms with Crippen LogP contribution in [0.3, 0.4) is 0 Å². The van der Waals surface area contributed by atoms with Gasteiger partial charge in [-0.2, -0.15) is 0 Å². The molecule has 0 atom stereocenters. The minimum absolute atomic E-state index is 0.0893. The van der Waals surface area contributed by atoms with Gasteiger partial charge in [0.2, 0.25) is 0 Å². The minimum Gasteiger partial charge on any atom is -0.336 e. The van der Waals surface area contributed by atoms with Crippen molar-refractivity contribution in [1.82, 2.24) is 10.2 Å². The van der Waals surface area contributed by atoms with E-state index in [2.05, 4.69) is 5.32 Å². The molecular formula is C24H23FN2O. The Hall–Kier alpha value is -2.72. The molecule has 0 bridgehead atoms. The van der Waals surface area contributed by atoms with E-state index >= 15 is 0 Å². The van der Waals surface area contributed by atoms with Gasteiger partial charge in [0.25, 0.3) is 5.91 Å². The third-order valence-corrected chi connectivity index (χ3v) is 6.23. The highest BCUT2D eigenvalue weighted by atomic mass is 19.1. The number of piperazine rings is 1. The van der Waals surface area contributed by atoms with Crippen LogP contribution >= 0.6 is 0 Å². The van der Waals surface area contributed by atoms with E-state index in [0.29, 0.717) is 5.56 Å². The third-order valence-electron chi connectivity index (χ3n) is 6.23. The number of amides is 1. The molecule has 1 amide bonds. The number of nitrogens with zero attached hydrogens (tertiary/aromatic N) is 1. The highest BCUT2D eigenvalue weighted by molar-refractivity contribution is 6.10. The molecule has 1 saturated heterocycles. The summed E-state index contributed by atoms with van der Waals surface area (Å²) in [5, 5.41) is 5.47. The molecule has 0 aromatic heterocycles. The van der Waals surface area contributed by atoms with Crippen molar-refractivity contribution in [2.75, 3.05) is 19.6 Å². The van der Waals surface area contributed by atoms with E-state index in [-0.39, 0.29) is 17.3 Å². The molecule has 3 nitrogen and oxygen atoms in total. The van der Waals surface area contributed by atoms with Crippen molar-refractivity contribution in [1.29, 1.82) is 0 Å². The molecule has 3 aromatic rings. The van der Waals surface area contributed by atoms with E-state index in [0.717, 1.165) is 59.9 Å². The minimum atomic E-state index is -0.211. The fourth-order valence-electron chi connectivity index (χ4n) is 4.42. The summed E-state index contributed by atoms with van der Waals surface area (Å²) >= 11 is 0. The van der Waals surface area contributed by atoms with E-state index in [9.17, 15) is 9.18 Å². The number of hydrogen-bond donors (Lipinski definition) is 1. The van der Waals surface area contributed by atoms with Crippen LogP contribution in [0.25, 0.3) is 21.9 Å². The van der Waals surface area contributed by atoms with Crippen molar-refractivity contribution < 1.29 is 9.18 Å². The van der Waals surface area contributed by atoms with E-state index in [1.165, 1.54) is 6.07 Å². The van der Waals surface area contributed by atoms with E-state index in [4.69, 9.17) is 0 Å². The zero-order valence-corrected chi connectivity index (χ0v) is 16.0. The average Bonchev–Trinajstić information content (AvgIpc) is 3.47. The maximum atomic E-state index is 14.1. The van der Waals surface area contributed by atoms with Crippen molar-refractivity contribution in [2.24, 2.45) is 0 Å². The highest BCUT2D eigenvalue weighted by Crippen LogP contribution is 2.38. The highest BCUT2D eigenvalue weighted by Gasteiger charge is 2.46. The topological polar surface area (TPSA) is 32.3 Å². The van der Waals surface area contributed by atoms with Gasteiger partial charge in [-0.15, -0.1) is 0 Å². The second-order valence-electron chi connectivity index (χ2n) is 8.05. The lowest BCUT2D eigenvalue weighted by Crippen LogP contribution is -2.54. The van der Waals surface area contributed by atoms with Crippen molar-refractivity contribution in [3.63, 3.8) is 0 Å². The van der Waals surface area contributed by atoms with Gasteiger partial charge in [-0.3, -0.25) is 4.79 Å². The Morgan fingerprint density at radius 2 is 1.71 bits per heavy atom. The summed E-state index contributed by atoms with van der Waals surface area (Å²) in [5.74, 6) is -0.122. The fraction of sp³-hybridized carbons (Fsp3) is 0.292. The number of hydrogen-bond acceptors (Lipinski definition) is 2. The summed E-state index contributed by atoms with van der Waals surface area (Å²) < 4.78 is 14.1. The second kappa shape index (κ2) is 6.42. The van der Waals surface area contributed by atoms with Gasteiger partial charge in [0, 0.05) is 30.7 Å². The van der Waals surface area contributed by atoms with Crippen LogP contribution in [0, 0.1) is 12.7 Å². The number of halogens is 1. The first-order valence-electron chi connectivity index (χ1n) is 9.90. The Morgan fingerprint density at radius 3 is 2.54 bits per heavy atom. The molecule has 3 aromatic carbocycles. The van der Waals surface area contributed by atoms with Gasteiger partial charge in [0.1, 0.15) is 5.82 Å². The Morgan fingerprint density at radius 1 is 1.00 bits per heavy atom. The molecule has 1 saturated carbocycles. The lowest BCUT2D eigenvalue weighted by molar-refractivity contribution is 0.0693. The van der Waals surface area contributed by atoms with Gasteiger partial charge >= 0.3 is 0 Å². The Kier molecular flexibility index (Phi) is 3.98. The molecule has 0 unspecified atom stereocenters. The molecule has 5 rings (SSSR count). The molecule has 2 aliphatic rings. The molecular weight excluding hydrogens is 351 g/mol. The largest absolute Gasteiger partial charge is 0.336 e. The SMILES string of the molecule is Cc1c(F)cccc1-c1cccc2c(C(=O)N3CCNC4(CC4)C3)cccc12. The summed E-state index contributed by atoms with van der Waals surface area (Å²) in [6.07, 6.45) is 2.30. The van der Waals surface area contributed by atoms with Crippen LogP contribution < -0.4 is 5.32 Å². The first kappa shape index (κ1) is 17.4. The Balaban J connectivity index is 1.60. The third kappa shape index (κ3) is 2.80. The van der Waals surface area contributed by atoms with Crippen molar-refractivity contribution in [3.8, 4) is 11.1 Å². The first-order valence-corrected chi connectivity index (χ1v) is 9.90. The van der Waals surface area contributed by atoms with E-state index in [1.54, 1.807) is 13.0 Å². The molecule has 2 fully saturated rings. The summed E-state index contributed by atoms with van der Waals surface area (Å²) in [5.41, 5.74) is 3.34. The van der Waals surface area contributed by atoms with Crippen LogP contribution in [0.4, 0.5) is 4.39 Å². The molecule has 4 heteroatoms. The predicted molar refractivity (Wildman–Crippen MR) is 110 cm³/mol. The summed E-state index contributed by atoms with van der Waals surface area (Å²) in [4.78, 5) is 15.3. The number of nitrogens with one attached hydrogen (secondary N) is 1. The maximum absolute atomic E-state index is 14.1. The standard InChI is InChI=1S/C24H23FN2O/c1-16-17(5-4-10-22(16)25)18-6-2-8-20-19(18)7-3-9-21(20)23(28)27-14-13-26-24(15-27)11-12-24/h2-10,26H,11-15H2,1H3. The molecule has 1 N–H and O–H groups in total. The monoisotopic (exact) mass is 374 g/mol. The van der Waals surface area contributed by atoms with Crippen LogP contribution in [-0.2, 0) is 0 Å². The summed E-state index contributed by atoms with van der Waals surface area (Å²) in [7, 11) is 0. The summed E-state index contributed by atoms with van der Waals surface area (Å²) in [6, 6.07) is 17.0. The van der Waals surface area contributed by atoms with Crippen LogP contribution in [-0.4, -0.2) is 36.0 Å². The van der Waals surface area contributed by atoms with Gasteiger partial charge < -0.3 is 10.2 Å². The van der Waals surface area contributed by atoms with Gasteiger partial charge in [-0.1, -0.05) is 42.5 Å². The molecule has 1 aliphatic carbocycles. The van der Waals surface area contributed by atoms with E-state index in [1.807, 2.05) is 47.4 Å². The van der Waals surface area contributed by atoms with E-state index < -0.39 is 0 Å². The van der Waals surface area contributed by atoms with Gasteiger partial charge in [0.05, 0.1) is 0 Å². The van der Waals surface area contributed by atoms with Gasteiger partial charge in [-0.05, 0) is 59.4 Å². The zero-order valence-electron chi connectivity index (χ0n) is 16.0. The normalized spacial score (nSPS) is 17.9. The molecule has 142 valence electrons. The number of fused-ring (bicyclic) bond motifs is 1. The van der Waals surface area contributed by atoms with Gasteiger partial charge in [0.15, 0.2) is 0 Å². The van der Waals surface area contributed by atoms with Crippen molar-refractivity contribution in [3.05, 3.63) is 71.5 Å². The molecule has 1 aliphatic heterocycles. The smallest absolute Gasteiger partial charge is 0.254 e. The second-order valence-corrected chi connectivity index (χ2v) is 8.05. The first-order chi connectivity index (χ1) is 13.6. The van der Waals surface area contributed by atoms with Crippen LogP contribution in [0.2, 0.25) is 0 Å². The predicted octanol–water partition coefficient (Wildman–Crippen LogP) is 4.53. The van der Waals surface area contributed by atoms with Crippen LogP contribution in [0.15, 0.2) is 54.6 Å². The maximum Gasteiger partial charge on any atom is 0.254 e. The number of rotatable bonds is 2.